The molecular weight excluding hydrogens is 288 g/mol. The van der Waals surface area contributed by atoms with Crippen LogP contribution in [-0.2, 0) is 4.79 Å². The molecule has 1 fully saturated rings. The van der Waals surface area contributed by atoms with Gasteiger partial charge in [-0.25, -0.2) is 0 Å². The Balaban J connectivity index is 1.54. The molecule has 2 aromatic rings. The van der Waals surface area contributed by atoms with Crippen LogP contribution in [0, 0.1) is 11.8 Å². The van der Waals surface area contributed by atoms with Crippen molar-refractivity contribution in [2.45, 2.75) is 25.7 Å². The molecular formula is C20H20O3. The molecule has 0 aliphatic heterocycles. The lowest BCUT2D eigenvalue weighted by atomic mass is 9.78. The van der Waals surface area contributed by atoms with E-state index in [0.29, 0.717) is 5.75 Å². The number of para-hydroxylation sites is 1. The monoisotopic (exact) mass is 308 g/mol. The van der Waals surface area contributed by atoms with Gasteiger partial charge in [0.05, 0.1) is 5.92 Å². The van der Waals surface area contributed by atoms with Gasteiger partial charge in [0.2, 0.25) is 0 Å². The van der Waals surface area contributed by atoms with Crippen molar-refractivity contribution >= 4 is 11.8 Å². The summed E-state index contributed by atoms with van der Waals surface area (Å²) in [5.74, 6) is 0.524. The molecule has 1 aliphatic carbocycles. The van der Waals surface area contributed by atoms with Crippen LogP contribution in [0.25, 0.3) is 0 Å². The average molecular weight is 308 g/mol. The van der Waals surface area contributed by atoms with Crippen LogP contribution >= 0.6 is 0 Å². The zero-order valence-electron chi connectivity index (χ0n) is 13.0. The lowest BCUT2D eigenvalue weighted by Gasteiger charge is -2.26. The number of ketones is 1. The number of hydrogen-bond acceptors (Lipinski definition) is 3. The highest BCUT2D eigenvalue weighted by molar-refractivity contribution is 5.97. The number of hydrogen-bond donors (Lipinski definition) is 0. The third-order valence-electron chi connectivity index (χ3n) is 4.45. The fourth-order valence-electron chi connectivity index (χ4n) is 3.12. The van der Waals surface area contributed by atoms with Crippen molar-refractivity contribution in [3.63, 3.8) is 0 Å². The first-order chi connectivity index (χ1) is 11.2. The van der Waals surface area contributed by atoms with Gasteiger partial charge in [0.25, 0.3) is 0 Å². The van der Waals surface area contributed by atoms with E-state index >= 15 is 0 Å². The zero-order valence-corrected chi connectivity index (χ0v) is 13.0. The number of carbonyl (C=O) groups excluding carboxylic acids is 2. The van der Waals surface area contributed by atoms with Crippen LogP contribution < -0.4 is 4.74 Å². The van der Waals surface area contributed by atoms with Crippen LogP contribution in [0.1, 0.15) is 36.0 Å². The second-order valence-electron chi connectivity index (χ2n) is 6.01. The predicted molar refractivity (Wildman–Crippen MR) is 88.3 cm³/mol. The van der Waals surface area contributed by atoms with Crippen molar-refractivity contribution in [3.8, 4) is 5.75 Å². The highest BCUT2D eigenvalue weighted by Crippen LogP contribution is 2.32. The zero-order chi connectivity index (χ0) is 16.1. The Morgan fingerprint density at radius 2 is 1.26 bits per heavy atom. The lowest BCUT2D eigenvalue weighted by Crippen LogP contribution is -2.28. The van der Waals surface area contributed by atoms with Crippen LogP contribution in [0.3, 0.4) is 0 Å². The molecule has 0 bridgehead atoms. The Labute approximate surface area is 136 Å². The maximum absolute atomic E-state index is 12.5. The molecule has 0 unspecified atom stereocenters. The van der Waals surface area contributed by atoms with Crippen molar-refractivity contribution in [1.29, 1.82) is 0 Å². The number of esters is 1. The van der Waals surface area contributed by atoms with Crippen LogP contribution in [-0.4, -0.2) is 11.8 Å². The molecule has 2 aromatic carbocycles. The Bertz CT molecular complexity index is 656. The first kappa shape index (κ1) is 15.5. The number of benzene rings is 2. The van der Waals surface area contributed by atoms with Gasteiger partial charge < -0.3 is 4.74 Å². The summed E-state index contributed by atoms with van der Waals surface area (Å²) in [5, 5.41) is 0. The van der Waals surface area contributed by atoms with Crippen molar-refractivity contribution in [3.05, 3.63) is 66.2 Å². The van der Waals surface area contributed by atoms with E-state index in [-0.39, 0.29) is 23.6 Å². The number of rotatable bonds is 4. The molecule has 23 heavy (non-hydrogen) atoms. The molecule has 118 valence electrons. The predicted octanol–water partition coefficient (Wildman–Crippen LogP) is 4.28. The van der Waals surface area contributed by atoms with E-state index in [9.17, 15) is 9.59 Å². The van der Waals surface area contributed by atoms with E-state index in [4.69, 9.17) is 4.74 Å². The molecule has 3 rings (SSSR count). The van der Waals surface area contributed by atoms with Gasteiger partial charge in [-0.3, -0.25) is 9.59 Å². The van der Waals surface area contributed by atoms with E-state index in [2.05, 4.69) is 0 Å². The average Bonchev–Trinajstić information content (AvgIpc) is 2.63. The van der Waals surface area contributed by atoms with E-state index in [1.807, 2.05) is 48.5 Å². The molecule has 0 heterocycles. The van der Waals surface area contributed by atoms with Crippen molar-refractivity contribution < 1.29 is 14.3 Å². The second kappa shape index (κ2) is 7.23. The fourth-order valence-corrected chi connectivity index (χ4v) is 3.12. The minimum Gasteiger partial charge on any atom is -0.426 e. The normalized spacial score (nSPS) is 20.7. The van der Waals surface area contributed by atoms with Crippen molar-refractivity contribution in [2.24, 2.45) is 11.8 Å². The summed E-state index contributed by atoms with van der Waals surface area (Å²) in [6.45, 7) is 0. The van der Waals surface area contributed by atoms with Crippen LogP contribution in [0.5, 0.6) is 5.75 Å². The molecule has 1 aliphatic rings. The van der Waals surface area contributed by atoms with Crippen LogP contribution in [0.2, 0.25) is 0 Å². The van der Waals surface area contributed by atoms with Crippen molar-refractivity contribution in [1.82, 2.24) is 0 Å². The molecule has 0 radical (unpaired) electrons. The summed E-state index contributed by atoms with van der Waals surface area (Å²) in [6.07, 6.45) is 2.94. The topological polar surface area (TPSA) is 43.4 Å². The summed E-state index contributed by atoms with van der Waals surface area (Å²) in [5.41, 5.74) is 0.766. The second-order valence-corrected chi connectivity index (χ2v) is 6.01. The molecule has 1 saturated carbocycles. The van der Waals surface area contributed by atoms with Gasteiger partial charge >= 0.3 is 5.97 Å². The lowest BCUT2D eigenvalue weighted by molar-refractivity contribution is -0.140. The molecule has 0 aromatic heterocycles. The fraction of sp³-hybridized carbons (Fsp3) is 0.300. The minimum absolute atomic E-state index is 0.0261. The highest BCUT2D eigenvalue weighted by Gasteiger charge is 2.31. The van der Waals surface area contributed by atoms with E-state index in [1.165, 1.54) is 0 Å². The Morgan fingerprint density at radius 1 is 0.739 bits per heavy atom. The van der Waals surface area contributed by atoms with Crippen LogP contribution in [0.15, 0.2) is 60.7 Å². The number of ether oxygens (including phenoxy) is 1. The summed E-state index contributed by atoms with van der Waals surface area (Å²) >= 11 is 0. The molecule has 0 atom stereocenters. The van der Waals surface area contributed by atoms with Gasteiger partial charge in [0.15, 0.2) is 5.78 Å². The van der Waals surface area contributed by atoms with E-state index < -0.39 is 0 Å². The van der Waals surface area contributed by atoms with Gasteiger partial charge in [-0.2, -0.15) is 0 Å². The summed E-state index contributed by atoms with van der Waals surface area (Å²) in [7, 11) is 0. The summed E-state index contributed by atoms with van der Waals surface area (Å²) in [4.78, 5) is 24.7. The summed E-state index contributed by atoms with van der Waals surface area (Å²) in [6, 6.07) is 18.5. The molecule has 0 amide bonds. The van der Waals surface area contributed by atoms with Crippen LogP contribution in [0.4, 0.5) is 0 Å². The standard InChI is InChI=1S/C20H20O3/c21-19(15-7-3-1-4-8-15)16-11-13-17(14-12-16)20(22)23-18-9-5-2-6-10-18/h1-10,16-17H,11-14H2. The molecule has 3 heteroatoms. The van der Waals surface area contributed by atoms with E-state index in [1.54, 1.807) is 12.1 Å². The molecule has 0 N–H and O–H groups in total. The van der Waals surface area contributed by atoms with Gasteiger partial charge in [-0.05, 0) is 37.8 Å². The summed E-state index contributed by atoms with van der Waals surface area (Å²) < 4.78 is 5.41. The quantitative estimate of drug-likeness (QED) is 0.481. The first-order valence-corrected chi connectivity index (χ1v) is 8.10. The Hall–Kier alpha value is -2.42. The SMILES string of the molecule is O=C(Oc1ccccc1)C1CCC(C(=O)c2ccccc2)CC1. The molecule has 0 saturated heterocycles. The molecule has 0 spiro atoms. The third-order valence-corrected chi connectivity index (χ3v) is 4.45. The Kier molecular flexibility index (Phi) is 4.86. The number of carbonyl (C=O) groups is 2. The Morgan fingerprint density at radius 3 is 1.87 bits per heavy atom. The van der Waals surface area contributed by atoms with Gasteiger partial charge in [0, 0.05) is 11.5 Å². The first-order valence-electron chi connectivity index (χ1n) is 8.10. The largest absolute Gasteiger partial charge is 0.426 e. The van der Waals surface area contributed by atoms with Gasteiger partial charge in [-0.15, -0.1) is 0 Å². The third kappa shape index (κ3) is 3.86. The van der Waals surface area contributed by atoms with Gasteiger partial charge in [-0.1, -0.05) is 48.5 Å². The minimum atomic E-state index is -0.179. The van der Waals surface area contributed by atoms with Crippen molar-refractivity contribution in [2.75, 3.05) is 0 Å². The molecule has 3 nitrogen and oxygen atoms in total. The smallest absolute Gasteiger partial charge is 0.314 e. The highest BCUT2D eigenvalue weighted by atomic mass is 16.5. The maximum Gasteiger partial charge on any atom is 0.314 e. The van der Waals surface area contributed by atoms with Gasteiger partial charge in [0.1, 0.15) is 5.75 Å². The van der Waals surface area contributed by atoms with E-state index in [0.717, 1.165) is 31.2 Å². The number of Topliss-reactive ketones (excluding diaryl/α,β-unsaturated/α-hetero) is 1. The maximum atomic E-state index is 12.5.